The summed E-state index contributed by atoms with van der Waals surface area (Å²) in [5.41, 5.74) is 4.13. The molecule has 0 spiro atoms. The molecule has 1 N–H and O–H groups in total. The largest absolute Gasteiger partial charge is 0.388 e. The molecular weight excluding hydrogens is 310 g/mol. The number of thiazole rings is 1. The van der Waals surface area contributed by atoms with Gasteiger partial charge >= 0.3 is 0 Å². The van der Waals surface area contributed by atoms with Gasteiger partial charge in [-0.1, -0.05) is 13.8 Å². The minimum Gasteiger partial charge on any atom is -0.388 e. The zero-order chi connectivity index (χ0) is 17.0. The summed E-state index contributed by atoms with van der Waals surface area (Å²) in [6.07, 6.45) is 0. The fourth-order valence-electron chi connectivity index (χ4n) is 2.23. The first-order valence-electron chi connectivity index (χ1n) is 7.42. The Hall–Kier alpha value is -2.47. The summed E-state index contributed by atoms with van der Waals surface area (Å²) in [6, 6.07) is 10.8. The summed E-state index contributed by atoms with van der Waals surface area (Å²) in [5, 5.41) is 14.8. The minimum absolute atomic E-state index is 0.0967. The second kappa shape index (κ2) is 7.19. The Morgan fingerprint density at radius 2 is 1.91 bits per heavy atom. The van der Waals surface area contributed by atoms with E-state index in [9.17, 15) is 10.1 Å². The quantitative estimate of drug-likeness (QED) is 0.526. The van der Waals surface area contributed by atoms with Crippen LogP contribution in [0.3, 0.4) is 0 Å². The smallest absolute Gasteiger partial charge is 0.270 e. The van der Waals surface area contributed by atoms with Crippen LogP contribution in [-0.2, 0) is 0 Å². The van der Waals surface area contributed by atoms with Crippen molar-refractivity contribution in [2.45, 2.75) is 20.8 Å². The lowest BCUT2D eigenvalue weighted by molar-refractivity contribution is -0.384. The van der Waals surface area contributed by atoms with E-state index in [-0.39, 0.29) is 10.6 Å². The molecular formula is C17H19N3O2S. The number of nitro benzene ring substituents is 1. The van der Waals surface area contributed by atoms with Gasteiger partial charge in [0.05, 0.1) is 15.1 Å². The van der Waals surface area contributed by atoms with Crippen LogP contribution < -0.4 is 5.32 Å². The van der Waals surface area contributed by atoms with Crippen molar-refractivity contribution in [3.63, 3.8) is 0 Å². The molecule has 23 heavy (non-hydrogen) atoms. The van der Waals surface area contributed by atoms with Crippen LogP contribution in [0.2, 0.25) is 0 Å². The van der Waals surface area contributed by atoms with E-state index in [1.54, 1.807) is 12.1 Å². The van der Waals surface area contributed by atoms with E-state index in [4.69, 9.17) is 0 Å². The first kappa shape index (κ1) is 16.9. The van der Waals surface area contributed by atoms with E-state index < -0.39 is 0 Å². The fourth-order valence-corrected chi connectivity index (χ4v) is 3.22. The molecule has 5 nitrogen and oxygen atoms in total. The zero-order valence-corrected chi connectivity index (χ0v) is 14.4. The maximum Gasteiger partial charge on any atom is 0.270 e. The molecule has 1 aromatic heterocycles. The first-order valence-corrected chi connectivity index (χ1v) is 8.24. The predicted octanol–water partition coefficient (Wildman–Crippen LogP) is 5.25. The summed E-state index contributed by atoms with van der Waals surface area (Å²) in [7, 11) is 1.89. The predicted molar refractivity (Wildman–Crippen MR) is 97.3 cm³/mol. The number of nitro groups is 1. The molecule has 0 atom stereocenters. The molecule has 2 aromatic carbocycles. The van der Waals surface area contributed by atoms with Gasteiger partial charge in [0.1, 0.15) is 5.01 Å². The van der Waals surface area contributed by atoms with Crippen LogP contribution in [0.1, 0.15) is 19.4 Å². The van der Waals surface area contributed by atoms with E-state index in [1.807, 2.05) is 40.0 Å². The van der Waals surface area contributed by atoms with Crippen molar-refractivity contribution in [3.8, 4) is 10.6 Å². The molecule has 0 saturated heterocycles. The third-order valence-electron chi connectivity index (χ3n) is 3.33. The highest BCUT2D eigenvalue weighted by molar-refractivity contribution is 7.21. The number of benzene rings is 2. The van der Waals surface area contributed by atoms with Crippen molar-refractivity contribution in [3.05, 3.63) is 52.1 Å². The van der Waals surface area contributed by atoms with E-state index in [2.05, 4.69) is 16.4 Å². The summed E-state index contributed by atoms with van der Waals surface area (Å²) >= 11 is 1.47. The van der Waals surface area contributed by atoms with Crippen LogP contribution >= 0.6 is 11.3 Å². The van der Waals surface area contributed by atoms with Gasteiger partial charge in [0.15, 0.2) is 0 Å². The van der Waals surface area contributed by atoms with Crippen molar-refractivity contribution in [1.29, 1.82) is 0 Å². The van der Waals surface area contributed by atoms with Crippen LogP contribution in [0.15, 0.2) is 36.4 Å². The lowest BCUT2D eigenvalue weighted by atomic mass is 10.1. The van der Waals surface area contributed by atoms with Crippen molar-refractivity contribution >= 4 is 32.9 Å². The Morgan fingerprint density at radius 3 is 2.52 bits per heavy atom. The average molecular weight is 329 g/mol. The Balaban J connectivity index is 0.000000924. The molecule has 6 heteroatoms. The van der Waals surface area contributed by atoms with Gasteiger partial charge in [-0.3, -0.25) is 10.1 Å². The normalized spacial score (nSPS) is 10.1. The topological polar surface area (TPSA) is 68.1 Å². The highest BCUT2D eigenvalue weighted by Gasteiger charge is 2.11. The van der Waals surface area contributed by atoms with E-state index in [1.165, 1.54) is 17.4 Å². The number of nitrogens with zero attached hydrogens (tertiary/aromatic N) is 2. The Labute approximate surface area is 139 Å². The third-order valence-corrected chi connectivity index (χ3v) is 4.39. The number of aryl methyl sites for hydroxylation is 1. The van der Waals surface area contributed by atoms with Crippen molar-refractivity contribution < 1.29 is 4.92 Å². The van der Waals surface area contributed by atoms with Crippen molar-refractivity contribution in [2.24, 2.45) is 0 Å². The second-order valence-electron chi connectivity index (χ2n) is 4.71. The number of non-ortho nitro benzene ring substituents is 1. The Morgan fingerprint density at radius 1 is 1.17 bits per heavy atom. The monoisotopic (exact) mass is 329 g/mol. The fraction of sp³-hybridized carbons (Fsp3) is 0.235. The molecule has 0 unspecified atom stereocenters. The number of fused-ring (bicyclic) bond motifs is 1. The lowest BCUT2D eigenvalue weighted by Gasteiger charge is -2.05. The zero-order valence-electron chi connectivity index (χ0n) is 13.6. The van der Waals surface area contributed by atoms with Gasteiger partial charge in [0.25, 0.3) is 5.69 Å². The van der Waals surface area contributed by atoms with Gasteiger partial charge in [-0.15, -0.1) is 11.3 Å². The Bertz CT molecular complexity index is 843. The summed E-state index contributed by atoms with van der Waals surface area (Å²) < 4.78 is 0.828. The van der Waals surface area contributed by atoms with Gasteiger partial charge in [-0.05, 0) is 36.8 Å². The van der Waals surface area contributed by atoms with E-state index in [0.717, 1.165) is 32.0 Å². The SMILES string of the molecule is CC.CNc1ccc(-c2nc3ccc([N+](=O)[O-])cc3s2)cc1C. The number of hydrogen-bond donors (Lipinski definition) is 1. The van der Waals surface area contributed by atoms with Gasteiger partial charge in [0, 0.05) is 30.4 Å². The van der Waals surface area contributed by atoms with Gasteiger partial charge in [-0.25, -0.2) is 4.98 Å². The molecule has 3 rings (SSSR count). The highest BCUT2D eigenvalue weighted by atomic mass is 32.1. The number of nitrogens with one attached hydrogen (secondary N) is 1. The third kappa shape index (κ3) is 3.48. The summed E-state index contributed by atoms with van der Waals surface area (Å²) in [5.74, 6) is 0. The lowest BCUT2D eigenvalue weighted by Crippen LogP contribution is -1.91. The van der Waals surface area contributed by atoms with Gasteiger partial charge in [0.2, 0.25) is 0 Å². The second-order valence-corrected chi connectivity index (χ2v) is 5.74. The molecule has 1 heterocycles. The Kier molecular flexibility index (Phi) is 5.28. The molecule has 0 radical (unpaired) electrons. The maximum absolute atomic E-state index is 10.8. The average Bonchev–Trinajstić information content (AvgIpc) is 2.99. The van der Waals surface area contributed by atoms with Crippen LogP contribution in [0.25, 0.3) is 20.8 Å². The summed E-state index contributed by atoms with van der Waals surface area (Å²) in [4.78, 5) is 15.0. The van der Waals surface area contributed by atoms with Gasteiger partial charge in [-0.2, -0.15) is 0 Å². The maximum atomic E-state index is 10.8. The standard InChI is InChI=1S/C15H13N3O2S.C2H6/c1-9-7-10(3-5-12(9)16-2)15-17-13-6-4-11(18(19)20)8-14(13)21-15;1-2/h3-8,16H,1-2H3;1-2H3. The molecule has 0 amide bonds. The van der Waals surface area contributed by atoms with Crippen LogP contribution in [0.4, 0.5) is 11.4 Å². The minimum atomic E-state index is -0.384. The van der Waals surface area contributed by atoms with Gasteiger partial charge < -0.3 is 5.32 Å². The molecule has 0 aliphatic carbocycles. The van der Waals surface area contributed by atoms with Crippen molar-refractivity contribution in [2.75, 3.05) is 12.4 Å². The summed E-state index contributed by atoms with van der Waals surface area (Å²) in [6.45, 7) is 6.04. The number of anilines is 1. The molecule has 120 valence electrons. The molecule has 0 bridgehead atoms. The highest BCUT2D eigenvalue weighted by Crippen LogP contribution is 2.33. The molecule has 0 aliphatic heterocycles. The first-order chi connectivity index (χ1) is 11.1. The van der Waals surface area contributed by atoms with E-state index in [0.29, 0.717) is 0 Å². The molecule has 0 saturated carbocycles. The number of hydrogen-bond acceptors (Lipinski definition) is 5. The number of aromatic nitrogens is 1. The number of rotatable bonds is 3. The molecule has 0 fully saturated rings. The molecule has 0 aliphatic rings. The van der Waals surface area contributed by atoms with Crippen LogP contribution in [-0.4, -0.2) is 17.0 Å². The molecule has 3 aromatic rings. The van der Waals surface area contributed by atoms with Crippen molar-refractivity contribution in [1.82, 2.24) is 4.98 Å². The van der Waals surface area contributed by atoms with Crippen LogP contribution in [0, 0.1) is 17.0 Å². The van der Waals surface area contributed by atoms with Crippen LogP contribution in [0.5, 0.6) is 0 Å². The van der Waals surface area contributed by atoms with E-state index >= 15 is 0 Å².